The van der Waals surface area contributed by atoms with Gasteiger partial charge in [-0.3, -0.25) is 4.90 Å². The van der Waals surface area contributed by atoms with Gasteiger partial charge in [0.15, 0.2) is 0 Å². The van der Waals surface area contributed by atoms with Gasteiger partial charge < -0.3 is 0 Å². The molecule has 0 unspecified atom stereocenters. The molecule has 0 aromatic carbocycles. The lowest BCUT2D eigenvalue weighted by molar-refractivity contribution is 0.188. The molecule has 0 aromatic rings. The van der Waals surface area contributed by atoms with Crippen molar-refractivity contribution < 1.29 is 0 Å². The molecule has 0 amide bonds. The molecule has 1 nitrogen and oxygen atoms in total. The van der Waals surface area contributed by atoms with Gasteiger partial charge in [-0.25, -0.2) is 0 Å². The summed E-state index contributed by atoms with van der Waals surface area (Å²) in [6.07, 6.45) is 0. The summed E-state index contributed by atoms with van der Waals surface area (Å²) in [5.41, 5.74) is 0. The Hall–Kier alpha value is 0.440. The lowest BCUT2D eigenvalue weighted by Crippen LogP contribution is -2.38. The Labute approximate surface area is 72.9 Å². The number of alkyl halides is 1. The lowest BCUT2D eigenvalue weighted by atomic mass is 10.2. The van der Waals surface area contributed by atoms with Crippen LogP contribution in [0.2, 0.25) is 0 Å². The second kappa shape index (κ2) is 5.14. The van der Waals surface area contributed by atoms with E-state index in [1.165, 1.54) is 0 Å². The van der Waals surface area contributed by atoms with E-state index < -0.39 is 0 Å². The number of hydrogen-bond acceptors (Lipinski definition) is 1. The van der Waals surface area contributed by atoms with Crippen LogP contribution in [0.3, 0.4) is 0 Å². The molecule has 0 bridgehead atoms. The van der Waals surface area contributed by atoms with E-state index in [1.54, 1.807) is 0 Å². The normalized spacial score (nSPS) is 12.0. The topological polar surface area (TPSA) is 3.24 Å². The molecule has 2 heteroatoms. The fourth-order valence-corrected chi connectivity index (χ4v) is 1.62. The van der Waals surface area contributed by atoms with Crippen LogP contribution in [0.5, 0.6) is 0 Å². The Kier molecular flexibility index (Phi) is 5.36. The average Bonchev–Trinajstić information content (AvgIpc) is 1.81. The molecule has 0 saturated heterocycles. The molecule has 0 aliphatic heterocycles. The van der Waals surface area contributed by atoms with Crippen LogP contribution in [-0.2, 0) is 0 Å². The van der Waals surface area contributed by atoms with Crippen molar-refractivity contribution in [3.05, 3.63) is 0 Å². The van der Waals surface area contributed by atoms with Crippen LogP contribution in [0.25, 0.3) is 0 Å². The van der Waals surface area contributed by atoms with E-state index in [0.29, 0.717) is 12.1 Å². The molecule has 0 aliphatic carbocycles. The summed E-state index contributed by atoms with van der Waals surface area (Å²) >= 11 is 3.44. The van der Waals surface area contributed by atoms with Gasteiger partial charge in [-0.05, 0) is 27.7 Å². The molecular weight excluding hydrogens is 190 g/mol. The SMILES string of the molecule is CC(C)N(CCBr)C(C)C. The quantitative estimate of drug-likeness (QED) is 0.641. The summed E-state index contributed by atoms with van der Waals surface area (Å²) < 4.78 is 0. The maximum atomic E-state index is 3.44. The molecule has 0 saturated carbocycles. The van der Waals surface area contributed by atoms with E-state index in [0.717, 1.165) is 11.9 Å². The first-order valence-electron chi connectivity index (χ1n) is 3.91. The monoisotopic (exact) mass is 207 g/mol. The zero-order chi connectivity index (χ0) is 8.15. The van der Waals surface area contributed by atoms with Gasteiger partial charge in [0.25, 0.3) is 0 Å². The van der Waals surface area contributed by atoms with Crippen LogP contribution in [0.1, 0.15) is 27.7 Å². The van der Waals surface area contributed by atoms with Crippen LogP contribution < -0.4 is 0 Å². The highest BCUT2D eigenvalue weighted by molar-refractivity contribution is 9.09. The summed E-state index contributed by atoms with van der Waals surface area (Å²) in [7, 11) is 0. The molecular formula is C8H18BrN. The maximum absolute atomic E-state index is 3.44. The van der Waals surface area contributed by atoms with Gasteiger partial charge in [0.1, 0.15) is 0 Å². The third-order valence-corrected chi connectivity index (χ3v) is 2.02. The molecule has 0 heterocycles. The van der Waals surface area contributed by atoms with Crippen LogP contribution in [-0.4, -0.2) is 28.9 Å². The predicted molar refractivity (Wildman–Crippen MR) is 50.8 cm³/mol. The molecule has 10 heavy (non-hydrogen) atoms. The van der Waals surface area contributed by atoms with Crippen molar-refractivity contribution in [3.63, 3.8) is 0 Å². The highest BCUT2D eigenvalue weighted by Crippen LogP contribution is 2.04. The second-order valence-corrected chi connectivity index (χ2v) is 3.91. The smallest absolute Gasteiger partial charge is 0.0159 e. The fourth-order valence-electron chi connectivity index (χ4n) is 1.21. The molecule has 0 N–H and O–H groups in total. The first-order valence-corrected chi connectivity index (χ1v) is 5.03. The van der Waals surface area contributed by atoms with Crippen molar-refractivity contribution in [2.45, 2.75) is 39.8 Å². The standard InChI is InChI=1S/C8H18BrN/c1-7(2)10(6-5-9)8(3)4/h7-8H,5-6H2,1-4H3. The Bertz CT molecular complexity index is 73.3. The van der Waals surface area contributed by atoms with Gasteiger partial charge in [-0.2, -0.15) is 0 Å². The van der Waals surface area contributed by atoms with Crippen molar-refractivity contribution in [1.82, 2.24) is 4.90 Å². The minimum absolute atomic E-state index is 0.664. The van der Waals surface area contributed by atoms with Crippen LogP contribution >= 0.6 is 15.9 Å². The molecule has 0 rings (SSSR count). The third-order valence-electron chi connectivity index (χ3n) is 1.67. The summed E-state index contributed by atoms with van der Waals surface area (Å²) in [4.78, 5) is 2.47. The van der Waals surface area contributed by atoms with Gasteiger partial charge in [0.05, 0.1) is 0 Å². The summed E-state index contributed by atoms with van der Waals surface area (Å²) in [5.74, 6) is 0. The minimum Gasteiger partial charge on any atom is -0.298 e. The van der Waals surface area contributed by atoms with Crippen molar-refractivity contribution in [2.75, 3.05) is 11.9 Å². The van der Waals surface area contributed by atoms with E-state index >= 15 is 0 Å². The van der Waals surface area contributed by atoms with Gasteiger partial charge in [0.2, 0.25) is 0 Å². The Morgan fingerprint density at radius 3 is 1.60 bits per heavy atom. The molecule has 0 aromatic heterocycles. The minimum atomic E-state index is 0.664. The third kappa shape index (κ3) is 3.57. The van der Waals surface area contributed by atoms with Crippen molar-refractivity contribution in [3.8, 4) is 0 Å². The van der Waals surface area contributed by atoms with Crippen LogP contribution in [0.15, 0.2) is 0 Å². The van der Waals surface area contributed by atoms with E-state index in [-0.39, 0.29) is 0 Å². The van der Waals surface area contributed by atoms with Gasteiger partial charge in [0, 0.05) is 24.0 Å². The average molecular weight is 208 g/mol. The highest BCUT2D eigenvalue weighted by atomic mass is 79.9. The van der Waals surface area contributed by atoms with Gasteiger partial charge >= 0.3 is 0 Å². The summed E-state index contributed by atoms with van der Waals surface area (Å²) in [6, 6.07) is 1.33. The first-order chi connectivity index (χ1) is 4.59. The largest absolute Gasteiger partial charge is 0.298 e. The number of halogens is 1. The van der Waals surface area contributed by atoms with Crippen molar-refractivity contribution in [2.24, 2.45) is 0 Å². The summed E-state index contributed by atoms with van der Waals surface area (Å²) in [6.45, 7) is 10.1. The van der Waals surface area contributed by atoms with Crippen molar-refractivity contribution in [1.29, 1.82) is 0 Å². The zero-order valence-electron chi connectivity index (χ0n) is 7.39. The van der Waals surface area contributed by atoms with E-state index in [9.17, 15) is 0 Å². The Morgan fingerprint density at radius 1 is 1.10 bits per heavy atom. The number of nitrogens with zero attached hydrogens (tertiary/aromatic N) is 1. The zero-order valence-corrected chi connectivity index (χ0v) is 8.98. The Balaban J connectivity index is 3.73. The highest BCUT2D eigenvalue weighted by Gasteiger charge is 2.10. The molecule has 0 fully saturated rings. The fraction of sp³-hybridized carbons (Fsp3) is 1.00. The van der Waals surface area contributed by atoms with Crippen molar-refractivity contribution >= 4 is 15.9 Å². The number of hydrogen-bond donors (Lipinski definition) is 0. The maximum Gasteiger partial charge on any atom is 0.0159 e. The van der Waals surface area contributed by atoms with E-state index in [1.807, 2.05) is 0 Å². The van der Waals surface area contributed by atoms with E-state index in [4.69, 9.17) is 0 Å². The molecule has 0 atom stereocenters. The molecule has 0 radical (unpaired) electrons. The second-order valence-electron chi connectivity index (χ2n) is 3.11. The molecule has 62 valence electrons. The predicted octanol–water partition coefficient (Wildman–Crippen LogP) is 2.50. The van der Waals surface area contributed by atoms with Gasteiger partial charge in [-0.15, -0.1) is 0 Å². The number of rotatable bonds is 4. The lowest BCUT2D eigenvalue weighted by Gasteiger charge is -2.29. The Morgan fingerprint density at radius 2 is 1.50 bits per heavy atom. The van der Waals surface area contributed by atoms with E-state index in [2.05, 4.69) is 48.5 Å². The molecule has 0 aliphatic rings. The first kappa shape index (κ1) is 10.4. The molecule has 0 spiro atoms. The van der Waals surface area contributed by atoms with Crippen LogP contribution in [0.4, 0.5) is 0 Å². The van der Waals surface area contributed by atoms with Crippen LogP contribution in [0, 0.1) is 0 Å². The summed E-state index contributed by atoms with van der Waals surface area (Å²) in [5, 5.41) is 1.07. The van der Waals surface area contributed by atoms with Gasteiger partial charge in [-0.1, -0.05) is 15.9 Å².